The Morgan fingerprint density at radius 2 is 1.95 bits per heavy atom. The van der Waals surface area contributed by atoms with E-state index in [0.29, 0.717) is 11.1 Å². The second kappa shape index (κ2) is 6.03. The van der Waals surface area contributed by atoms with Gasteiger partial charge in [0.25, 0.3) is 0 Å². The third kappa shape index (κ3) is 3.26. The molecule has 0 fully saturated rings. The predicted molar refractivity (Wildman–Crippen MR) is 72.4 cm³/mol. The van der Waals surface area contributed by atoms with Gasteiger partial charge >= 0.3 is 6.18 Å². The number of hydrogen-bond acceptors (Lipinski definition) is 3. The highest BCUT2D eigenvalue weighted by molar-refractivity contribution is 5.72. The van der Waals surface area contributed by atoms with Crippen LogP contribution in [0.2, 0.25) is 0 Å². The van der Waals surface area contributed by atoms with Gasteiger partial charge in [-0.05, 0) is 25.1 Å². The first kappa shape index (κ1) is 15.2. The molecular formula is C15H14F3NO2. The third-order valence-electron chi connectivity index (χ3n) is 2.88. The van der Waals surface area contributed by atoms with Crippen LogP contribution < -0.4 is 9.47 Å². The van der Waals surface area contributed by atoms with Crippen molar-refractivity contribution in [1.29, 1.82) is 0 Å². The molecule has 2 rings (SSSR count). The molecule has 0 unspecified atom stereocenters. The van der Waals surface area contributed by atoms with Crippen molar-refractivity contribution < 1.29 is 22.6 Å². The minimum absolute atomic E-state index is 0.124. The van der Waals surface area contributed by atoms with E-state index in [9.17, 15) is 13.2 Å². The first-order chi connectivity index (χ1) is 9.97. The molecule has 0 aliphatic heterocycles. The molecule has 0 atom stereocenters. The molecule has 0 amide bonds. The lowest BCUT2D eigenvalue weighted by Crippen LogP contribution is -2.09. The van der Waals surface area contributed by atoms with Crippen LogP contribution >= 0.6 is 0 Å². The van der Waals surface area contributed by atoms with E-state index in [-0.39, 0.29) is 18.1 Å². The average Bonchev–Trinajstić information content (AvgIpc) is 2.47. The van der Waals surface area contributed by atoms with Crippen molar-refractivity contribution in [3.8, 4) is 22.6 Å². The zero-order valence-electron chi connectivity index (χ0n) is 11.6. The van der Waals surface area contributed by atoms with E-state index >= 15 is 0 Å². The second-order valence-electron chi connectivity index (χ2n) is 4.22. The Morgan fingerprint density at radius 1 is 1.19 bits per heavy atom. The summed E-state index contributed by atoms with van der Waals surface area (Å²) in [5.41, 5.74) is 0.305. The summed E-state index contributed by atoms with van der Waals surface area (Å²) in [6, 6.07) is 5.73. The van der Waals surface area contributed by atoms with Crippen LogP contribution in [0.5, 0.6) is 11.5 Å². The standard InChI is InChI=1S/C15H14F3NO2/c1-3-21-14-7-11(10-5-4-6-19-9-10)13(20-2)8-12(14)15(16,17)18/h4-9H,3H2,1-2H3. The molecule has 3 nitrogen and oxygen atoms in total. The number of pyridine rings is 1. The normalized spacial score (nSPS) is 11.3. The van der Waals surface area contributed by atoms with E-state index in [0.717, 1.165) is 6.07 Å². The Labute approximate surface area is 120 Å². The molecule has 1 aromatic carbocycles. The molecule has 112 valence electrons. The van der Waals surface area contributed by atoms with Crippen molar-refractivity contribution in [1.82, 2.24) is 4.98 Å². The maximum atomic E-state index is 13.1. The fourth-order valence-corrected chi connectivity index (χ4v) is 1.97. The number of nitrogens with zero attached hydrogens (tertiary/aromatic N) is 1. The molecule has 2 aromatic rings. The molecular weight excluding hydrogens is 283 g/mol. The summed E-state index contributed by atoms with van der Waals surface area (Å²) in [5, 5.41) is 0. The third-order valence-corrected chi connectivity index (χ3v) is 2.88. The minimum atomic E-state index is -4.51. The van der Waals surface area contributed by atoms with E-state index in [4.69, 9.17) is 9.47 Å². The number of alkyl halides is 3. The van der Waals surface area contributed by atoms with Gasteiger partial charge in [-0.2, -0.15) is 13.2 Å². The summed E-state index contributed by atoms with van der Waals surface area (Å²) in [5.74, 6) is -0.0940. The van der Waals surface area contributed by atoms with Gasteiger partial charge in [0.1, 0.15) is 17.1 Å². The van der Waals surface area contributed by atoms with Gasteiger partial charge in [0, 0.05) is 23.5 Å². The summed E-state index contributed by atoms with van der Waals surface area (Å²) >= 11 is 0. The first-order valence-electron chi connectivity index (χ1n) is 6.29. The molecule has 1 heterocycles. The van der Waals surface area contributed by atoms with Crippen molar-refractivity contribution in [2.24, 2.45) is 0 Å². The van der Waals surface area contributed by atoms with Gasteiger partial charge in [-0.3, -0.25) is 4.98 Å². The molecule has 0 aliphatic carbocycles. The Morgan fingerprint density at radius 3 is 2.48 bits per heavy atom. The van der Waals surface area contributed by atoms with Crippen LogP contribution in [0.1, 0.15) is 12.5 Å². The summed E-state index contributed by atoms with van der Waals surface area (Å²) in [4.78, 5) is 3.96. The molecule has 1 aromatic heterocycles. The van der Waals surface area contributed by atoms with Crippen molar-refractivity contribution in [2.45, 2.75) is 13.1 Å². The summed E-state index contributed by atoms with van der Waals surface area (Å²) < 4.78 is 49.4. The molecule has 21 heavy (non-hydrogen) atoms. The second-order valence-corrected chi connectivity index (χ2v) is 4.22. The number of halogens is 3. The Bertz CT molecular complexity index is 612. The largest absolute Gasteiger partial charge is 0.496 e. The summed E-state index contributed by atoms with van der Waals surface area (Å²) in [6.07, 6.45) is -1.37. The molecule has 6 heteroatoms. The SMILES string of the molecule is CCOc1cc(-c2cccnc2)c(OC)cc1C(F)(F)F. The van der Waals surface area contributed by atoms with Crippen LogP contribution in [0.3, 0.4) is 0 Å². The fraction of sp³-hybridized carbons (Fsp3) is 0.267. The van der Waals surface area contributed by atoms with E-state index in [2.05, 4.69) is 4.98 Å². The zero-order valence-corrected chi connectivity index (χ0v) is 11.6. The predicted octanol–water partition coefficient (Wildman–Crippen LogP) is 4.17. The molecule has 0 spiro atoms. The van der Waals surface area contributed by atoms with Crippen LogP contribution in [-0.2, 0) is 6.18 Å². The van der Waals surface area contributed by atoms with Crippen LogP contribution in [-0.4, -0.2) is 18.7 Å². The van der Waals surface area contributed by atoms with Gasteiger partial charge < -0.3 is 9.47 Å². The van der Waals surface area contributed by atoms with Crippen LogP contribution in [0.15, 0.2) is 36.7 Å². The average molecular weight is 297 g/mol. The van der Waals surface area contributed by atoms with Crippen molar-refractivity contribution >= 4 is 0 Å². The number of ether oxygens (including phenoxy) is 2. The molecule has 0 saturated carbocycles. The molecule has 0 aliphatic rings. The maximum Gasteiger partial charge on any atom is 0.420 e. The van der Waals surface area contributed by atoms with Gasteiger partial charge in [0.05, 0.1) is 13.7 Å². The Balaban J connectivity index is 2.64. The lowest BCUT2D eigenvalue weighted by atomic mass is 10.0. The van der Waals surface area contributed by atoms with Crippen molar-refractivity contribution in [2.75, 3.05) is 13.7 Å². The smallest absolute Gasteiger partial charge is 0.420 e. The van der Waals surface area contributed by atoms with Crippen molar-refractivity contribution in [3.05, 3.63) is 42.2 Å². The highest BCUT2D eigenvalue weighted by Gasteiger charge is 2.35. The van der Waals surface area contributed by atoms with E-state index in [1.165, 1.54) is 13.2 Å². The van der Waals surface area contributed by atoms with Crippen LogP contribution in [0.4, 0.5) is 13.2 Å². The molecule has 0 bridgehead atoms. The first-order valence-corrected chi connectivity index (χ1v) is 6.29. The highest BCUT2D eigenvalue weighted by Crippen LogP contribution is 2.43. The lowest BCUT2D eigenvalue weighted by Gasteiger charge is -2.17. The quantitative estimate of drug-likeness (QED) is 0.848. The monoisotopic (exact) mass is 297 g/mol. The number of benzene rings is 1. The Hall–Kier alpha value is -2.24. The molecule has 0 saturated heterocycles. The number of rotatable bonds is 4. The zero-order chi connectivity index (χ0) is 15.5. The van der Waals surface area contributed by atoms with Gasteiger partial charge in [-0.15, -0.1) is 0 Å². The van der Waals surface area contributed by atoms with Gasteiger partial charge in [-0.1, -0.05) is 6.07 Å². The number of aromatic nitrogens is 1. The van der Waals surface area contributed by atoms with Crippen LogP contribution in [0, 0.1) is 0 Å². The van der Waals surface area contributed by atoms with E-state index in [1.54, 1.807) is 31.5 Å². The molecule has 0 radical (unpaired) electrons. The highest BCUT2D eigenvalue weighted by atomic mass is 19.4. The summed E-state index contributed by atoms with van der Waals surface area (Å²) in [6.45, 7) is 1.77. The number of hydrogen-bond donors (Lipinski definition) is 0. The van der Waals surface area contributed by atoms with E-state index < -0.39 is 11.7 Å². The van der Waals surface area contributed by atoms with E-state index in [1.807, 2.05) is 0 Å². The van der Waals surface area contributed by atoms with Gasteiger partial charge in [-0.25, -0.2) is 0 Å². The Kier molecular flexibility index (Phi) is 4.35. The lowest BCUT2D eigenvalue weighted by molar-refractivity contribution is -0.139. The molecule has 0 N–H and O–H groups in total. The fourth-order valence-electron chi connectivity index (χ4n) is 1.97. The van der Waals surface area contributed by atoms with Crippen LogP contribution in [0.25, 0.3) is 11.1 Å². The topological polar surface area (TPSA) is 31.4 Å². The number of methoxy groups -OCH3 is 1. The van der Waals surface area contributed by atoms with Gasteiger partial charge in [0.15, 0.2) is 0 Å². The summed E-state index contributed by atoms with van der Waals surface area (Å²) in [7, 11) is 1.33. The minimum Gasteiger partial charge on any atom is -0.496 e. The van der Waals surface area contributed by atoms with Gasteiger partial charge in [0.2, 0.25) is 0 Å². The maximum absolute atomic E-state index is 13.1. The van der Waals surface area contributed by atoms with Crippen molar-refractivity contribution in [3.63, 3.8) is 0 Å².